The summed E-state index contributed by atoms with van der Waals surface area (Å²) >= 11 is 0. The molecule has 1 aliphatic heterocycles. The molecule has 0 unspecified atom stereocenters. The minimum absolute atomic E-state index is 0.149. The SMILES string of the molecule is COc1ccc2c(c1)c(CN1CCC(C(=O)NCCN(C)C)CC1)cn2C. The maximum Gasteiger partial charge on any atom is 0.223 e. The Morgan fingerprint density at radius 2 is 2.04 bits per heavy atom. The first kappa shape index (κ1) is 19.7. The van der Waals surface area contributed by atoms with E-state index in [1.165, 1.54) is 16.5 Å². The molecule has 0 bridgehead atoms. The number of piperidine rings is 1. The van der Waals surface area contributed by atoms with Crippen LogP contribution >= 0.6 is 0 Å². The van der Waals surface area contributed by atoms with E-state index in [0.717, 1.165) is 51.3 Å². The fourth-order valence-electron chi connectivity index (χ4n) is 3.85. The molecule has 0 atom stereocenters. The van der Waals surface area contributed by atoms with E-state index in [0.29, 0.717) is 0 Å². The summed E-state index contributed by atoms with van der Waals surface area (Å²) in [5.41, 5.74) is 2.54. The maximum absolute atomic E-state index is 12.3. The number of nitrogens with zero attached hydrogens (tertiary/aromatic N) is 3. The molecular formula is C21H32N4O2. The third-order valence-corrected chi connectivity index (χ3v) is 5.49. The first-order chi connectivity index (χ1) is 13.0. The highest BCUT2D eigenvalue weighted by atomic mass is 16.5. The Bertz CT molecular complexity index is 776. The van der Waals surface area contributed by atoms with Crippen LogP contribution in [-0.2, 0) is 18.4 Å². The summed E-state index contributed by atoms with van der Waals surface area (Å²) in [6, 6.07) is 6.24. The van der Waals surface area contributed by atoms with Crippen LogP contribution < -0.4 is 10.1 Å². The van der Waals surface area contributed by atoms with Crippen molar-refractivity contribution >= 4 is 16.8 Å². The number of aromatic nitrogens is 1. The smallest absolute Gasteiger partial charge is 0.223 e. The van der Waals surface area contributed by atoms with Gasteiger partial charge in [-0.15, -0.1) is 0 Å². The molecule has 3 rings (SSSR count). The second-order valence-corrected chi connectivity index (χ2v) is 7.79. The summed E-state index contributed by atoms with van der Waals surface area (Å²) in [7, 11) is 7.84. The summed E-state index contributed by atoms with van der Waals surface area (Å²) in [6.07, 6.45) is 4.08. The minimum Gasteiger partial charge on any atom is -0.497 e. The van der Waals surface area contributed by atoms with Crippen LogP contribution in [0.1, 0.15) is 18.4 Å². The lowest BCUT2D eigenvalue weighted by molar-refractivity contribution is -0.126. The Balaban J connectivity index is 1.56. The molecule has 0 aliphatic carbocycles. The second-order valence-electron chi connectivity index (χ2n) is 7.79. The zero-order valence-electron chi connectivity index (χ0n) is 17.0. The first-order valence-corrected chi connectivity index (χ1v) is 9.74. The zero-order chi connectivity index (χ0) is 19.4. The highest BCUT2D eigenvalue weighted by Crippen LogP contribution is 2.27. The molecule has 2 aromatic rings. The van der Waals surface area contributed by atoms with Crippen molar-refractivity contribution in [3.8, 4) is 5.75 Å². The predicted octanol–water partition coefficient (Wildman–Crippen LogP) is 2.08. The third-order valence-electron chi connectivity index (χ3n) is 5.49. The normalized spacial score (nSPS) is 16.2. The Labute approximate surface area is 162 Å². The number of methoxy groups -OCH3 is 1. The molecule has 0 spiro atoms. The molecule has 1 fully saturated rings. The van der Waals surface area contributed by atoms with Crippen LogP contribution in [-0.4, -0.2) is 67.7 Å². The van der Waals surface area contributed by atoms with Crippen molar-refractivity contribution in [2.24, 2.45) is 13.0 Å². The van der Waals surface area contributed by atoms with Gasteiger partial charge in [-0.05, 0) is 63.8 Å². The monoisotopic (exact) mass is 372 g/mol. The number of carbonyl (C=O) groups is 1. The van der Waals surface area contributed by atoms with E-state index in [2.05, 4.69) is 45.1 Å². The van der Waals surface area contributed by atoms with E-state index in [1.54, 1.807) is 7.11 Å². The van der Waals surface area contributed by atoms with Gasteiger partial charge in [-0.3, -0.25) is 9.69 Å². The number of likely N-dealkylation sites (tertiary alicyclic amines) is 1. The zero-order valence-corrected chi connectivity index (χ0v) is 17.0. The van der Waals surface area contributed by atoms with Gasteiger partial charge in [-0.25, -0.2) is 0 Å². The van der Waals surface area contributed by atoms with Gasteiger partial charge in [0.25, 0.3) is 0 Å². The van der Waals surface area contributed by atoms with Crippen molar-refractivity contribution in [2.75, 3.05) is 47.4 Å². The molecule has 1 amide bonds. The molecular weight excluding hydrogens is 340 g/mol. The fourth-order valence-corrected chi connectivity index (χ4v) is 3.85. The first-order valence-electron chi connectivity index (χ1n) is 9.74. The largest absolute Gasteiger partial charge is 0.497 e. The van der Waals surface area contributed by atoms with Crippen LogP contribution in [0.2, 0.25) is 0 Å². The molecule has 0 saturated carbocycles. The summed E-state index contributed by atoms with van der Waals surface area (Å²) in [5.74, 6) is 1.26. The Morgan fingerprint density at radius 1 is 1.30 bits per heavy atom. The van der Waals surface area contributed by atoms with Crippen molar-refractivity contribution in [3.63, 3.8) is 0 Å². The molecule has 1 N–H and O–H groups in total. The number of nitrogens with one attached hydrogen (secondary N) is 1. The van der Waals surface area contributed by atoms with E-state index in [-0.39, 0.29) is 11.8 Å². The van der Waals surface area contributed by atoms with Crippen molar-refractivity contribution < 1.29 is 9.53 Å². The Morgan fingerprint density at radius 3 is 2.70 bits per heavy atom. The lowest BCUT2D eigenvalue weighted by Crippen LogP contribution is -2.41. The molecule has 1 aromatic heterocycles. The molecule has 2 heterocycles. The van der Waals surface area contributed by atoms with Crippen molar-refractivity contribution in [1.29, 1.82) is 0 Å². The van der Waals surface area contributed by atoms with Crippen LogP contribution in [0.3, 0.4) is 0 Å². The predicted molar refractivity (Wildman–Crippen MR) is 109 cm³/mol. The highest BCUT2D eigenvalue weighted by Gasteiger charge is 2.25. The van der Waals surface area contributed by atoms with Crippen molar-refractivity contribution in [2.45, 2.75) is 19.4 Å². The number of aryl methyl sites for hydroxylation is 1. The van der Waals surface area contributed by atoms with Gasteiger partial charge in [0.1, 0.15) is 5.75 Å². The molecule has 6 nitrogen and oxygen atoms in total. The van der Waals surface area contributed by atoms with Crippen LogP contribution in [0.5, 0.6) is 5.75 Å². The topological polar surface area (TPSA) is 49.7 Å². The molecule has 27 heavy (non-hydrogen) atoms. The summed E-state index contributed by atoms with van der Waals surface area (Å²) in [5, 5.41) is 4.32. The maximum atomic E-state index is 12.3. The number of amides is 1. The van der Waals surface area contributed by atoms with E-state index < -0.39 is 0 Å². The number of rotatable bonds is 7. The summed E-state index contributed by atoms with van der Waals surface area (Å²) in [4.78, 5) is 16.9. The molecule has 0 radical (unpaired) electrons. The number of fused-ring (bicyclic) bond motifs is 1. The number of hydrogen-bond donors (Lipinski definition) is 1. The molecule has 1 aliphatic rings. The van der Waals surface area contributed by atoms with E-state index >= 15 is 0 Å². The van der Waals surface area contributed by atoms with Crippen LogP contribution in [0.4, 0.5) is 0 Å². The summed E-state index contributed by atoms with van der Waals surface area (Å²) in [6.45, 7) is 4.46. The van der Waals surface area contributed by atoms with Gasteiger partial charge in [0.15, 0.2) is 0 Å². The average molecular weight is 373 g/mol. The van der Waals surface area contributed by atoms with Gasteiger partial charge < -0.3 is 19.5 Å². The van der Waals surface area contributed by atoms with E-state index in [1.807, 2.05) is 20.2 Å². The molecule has 1 aromatic carbocycles. The standard InChI is InChI=1S/C21H32N4O2/c1-23(2)12-9-22-21(26)16-7-10-25(11-8-16)15-17-14-24(3)20-6-5-18(27-4)13-19(17)20/h5-6,13-14,16H,7-12,15H2,1-4H3,(H,22,26). The average Bonchev–Trinajstić information content (AvgIpc) is 2.97. The Kier molecular flexibility index (Phi) is 6.39. The van der Waals surface area contributed by atoms with Gasteiger partial charge in [0.05, 0.1) is 7.11 Å². The van der Waals surface area contributed by atoms with Gasteiger partial charge in [-0.2, -0.15) is 0 Å². The van der Waals surface area contributed by atoms with Crippen LogP contribution in [0, 0.1) is 5.92 Å². The van der Waals surface area contributed by atoms with E-state index in [4.69, 9.17) is 4.74 Å². The van der Waals surface area contributed by atoms with Crippen molar-refractivity contribution in [3.05, 3.63) is 30.0 Å². The minimum atomic E-state index is 0.149. The number of likely N-dealkylation sites (N-methyl/N-ethyl adjacent to an activating group) is 1. The van der Waals surface area contributed by atoms with Gasteiger partial charge >= 0.3 is 0 Å². The Hall–Kier alpha value is -2.05. The third kappa shape index (κ3) is 4.82. The number of benzene rings is 1. The van der Waals surface area contributed by atoms with E-state index in [9.17, 15) is 4.79 Å². The number of ether oxygens (including phenoxy) is 1. The molecule has 148 valence electrons. The second kappa shape index (κ2) is 8.76. The van der Waals surface area contributed by atoms with Gasteiger partial charge in [0.2, 0.25) is 5.91 Å². The number of hydrogen-bond acceptors (Lipinski definition) is 4. The highest BCUT2D eigenvalue weighted by molar-refractivity contribution is 5.85. The lowest BCUT2D eigenvalue weighted by Gasteiger charge is -2.31. The number of carbonyl (C=O) groups excluding carboxylic acids is 1. The quantitative estimate of drug-likeness (QED) is 0.808. The molecule has 6 heteroatoms. The van der Waals surface area contributed by atoms with Crippen LogP contribution in [0.15, 0.2) is 24.4 Å². The van der Waals surface area contributed by atoms with Crippen molar-refractivity contribution in [1.82, 2.24) is 19.7 Å². The summed E-state index contributed by atoms with van der Waals surface area (Å²) < 4.78 is 7.57. The fraction of sp³-hybridized carbons (Fsp3) is 0.571. The van der Waals surface area contributed by atoms with Crippen LogP contribution in [0.25, 0.3) is 10.9 Å². The van der Waals surface area contributed by atoms with Gasteiger partial charge in [-0.1, -0.05) is 0 Å². The lowest BCUT2D eigenvalue weighted by atomic mass is 9.95. The molecule has 1 saturated heterocycles. The van der Waals surface area contributed by atoms with Gasteiger partial charge in [0, 0.05) is 49.7 Å².